The molecule has 1 aromatic carbocycles. The molecule has 1 heterocycles. The Morgan fingerprint density at radius 2 is 1.64 bits per heavy atom. The fraction of sp³-hybridized carbons (Fsp3) is 0.579. The standard InChI is InChI=1S/C19H21NO2/c1-2-10-4-3-5-11(8-10)20-18(21)16-12-6-7-13(15-9-14(12)15)17(16)19(20)22/h3-5,8,12-17H,2,6-7,9H2,1H3/t12-,13+,14+,15-,16-,17+. The van der Waals surface area contributed by atoms with Crippen LogP contribution in [0.25, 0.3) is 0 Å². The third-order valence-corrected chi connectivity index (χ3v) is 6.72. The van der Waals surface area contributed by atoms with Gasteiger partial charge in [0.25, 0.3) is 0 Å². The number of carbonyl (C=O) groups is 2. The first kappa shape index (κ1) is 12.9. The molecule has 4 aliphatic carbocycles. The van der Waals surface area contributed by atoms with Gasteiger partial charge in [0.05, 0.1) is 17.5 Å². The lowest BCUT2D eigenvalue weighted by atomic mass is 9.59. The van der Waals surface area contributed by atoms with Crippen molar-refractivity contribution in [3.63, 3.8) is 0 Å². The molecule has 1 saturated heterocycles. The lowest BCUT2D eigenvalue weighted by molar-refractivity contribution is -0.129. The molecular formula is C19H21NO2. The molecule has 114 valence electrons. The molecule has 6 atom stereocenters. The average Bonchev–Trinajstić information content (AvgIpc) is 3.32. The van der Waals surface area contributed by atoms with Crippen LogP contribution in [0.5, 0.6) is 0 Å². The van der Waals surface area contributed by atoms with Crippen molar-refractivity contribution in [2.45, 2.75) is 32.6 Å². The number of hydrogen-bond donors (Lipinski definition) is 0. The van der Waals surface area contributed by atoms with E-state index in [1.165, 1.54) is 16.9 Å². The van der Waals surface area contributed by atoms with Crippen LogP contribution in [0, 0.1) is 35.5 Å². The van der Waals surface area contributed by atoms with Crippen LogP contribution in [0.3, 0.4) is 0 Å². The van der Waals surface area contributed by atoms with E-state index in [9.17, 15) is 9.59 Å². The maximum absolute atomic E-state index is 13.0. The molecule has 1 aromatic rings. The maximum Gasteiger partial charge on any atom is 0.237 e. The minimum absolute atomic E-state index is 0.0136. The van der Waals surface area contributed by atoms with Crippen LogP contribution in [-0.2, 0) is 16.0 Å². The molecule has 0 unspecified atom stereocenters. The number of rotatable bonds is 2. The zero-order valence-corrected chi connectivity index (χ0v) is 12.9. The van der Waals surface area contributed by atoms with Crippen LogP contribution in [0.15, 0.2) is 24.3 Å². The molecule has 5 aliphatic rings. The first-order chi connectivity index (χ1) is 10.7. The lowest BCUT2D eigenvalue weighted by Crippen LogP contribution is -2.43. The first-order valence-corrected chi connectivity index (χ1v) is 8.67. The van der Waals surface area contributed by atoms with Crippen molar-refractivity contribution < 1.29 is 9.59 Å². The summed E-state index contributed by atoms with van der Waals surface area (Å²) in [7, 11) is 0. The normalized spacial score (nSPS) is 41.6. The van der Waals surface area contributed by atoms with E-state index < -0.39 is 0 Å². The number of amides is 2. The highest BCUT2D eigenvalue weighted by molar-refractivity contribution is 6.22. The quantitative estimate of drug-likeness (QED) is 0.786. The number of imide groups is 1. The summed E-state index contributed by atoms with van der Waals surface area (Å²) in [6.45, 7) is 2.10. The predicted molar refractivity (Wildman–Crippen MR) is 83.1 cm³/mol. The van der Waals surface area contributed by atoms with Gasteiger partial charge in [-0.05, 0) is 67.1 Å². The molecule has 22 heavy (non-hydrogen) atoms. The number of anilines is 1. The van der Waals surface area contributed by atoms with Crippen molar-refractivity contribution in [1.82, 2.24) is 0 Å². The Morgan fingerprint density at radius 3 is 2.23 bits per heavy atom. The molecule has 0 radical (unpaired) electrons. The van der Waals surface area contributed by atoms with E-state index in [0.717, 1.165) is 36.8 Å². The molecule has 1 aliphatic heterocycles. The lowest BCUT2D eigenvalue weighted by Gasteiger charge is -2.42. The predicted octanol–water partition coefficient (Wildman–Crippen LogP) is 3.03. The van der Waals surface area contributed by atoms with Gasteiger partial charge in [0.1, 0.15) is 0 Å². The van der Waals surface area contributed by atoms with Crippen molar-refractivity contribution in [2.75, 3.05) is 4.90 Å². The second kappa shape index (κ2) is 4.21. The number of aryl methyl sites for hydroxylation is 1. The molecule has 3 nitrogen and oxygen atoms in total. The zero-order valence-electron chi connectivity index (χ0n) is 12.9. The van der Waals surface area contributed by atoms with Gasteiger partial charge in [-0.1, -0.05) is 19.1 Å². The average molecular weight is 295 g/mol. The van der Waals surface area contributed by atoms with E-state index in [0.29, 0.717) is 11.8 Å². The van der Waals surface area contributed by atoms with Crippen molar-refractivity contribution in [2.24, 2.45) is 35.5 Å². The van der Waals surface area contributed by atoms with Crippen LogP contribution in [-0.4, -0.2) is 11.8 Å². The summed E-state index contributed by atoms with van der Waals surface area (Å²) in [6, 6.07) is 7.94. The second-order valence-corrected chi connectivity index (χ2v) is 7.56. The monoisotopic (exact) mass is 295 g/mol. The van der Waals surface area contributed by atoms with E-state index in [4.69, 9.17) is 0 Å². The Bertz CT molecular complexity index is 648. The smallest absolute Gasteiger partial charge is 0.237 e. The molecular weight excluding hydrogens is 274 g/mol. The molecule has 0 aromatic heterocycles. The molecule has 3 heteroatoms. The number of nitrogens with zero attached hydrogens (tertiary/aromatic N) is 1. The van der Waals surface area contributed by atoms with Crippen LogP contribution < -0.4 is 4.90 Å². The van der Waals surface area contributed by atoms with Crippen LogP contribution >= 0.6 is 0 Å². The maximum atomic E-state index is 13.0. The fourth-order valence-corrected chi connectivity index (χ4v) is 5.71. The SMILES string of the molecule is CCc1cccc(N2C(=O)[C@@H]3[C@@H]4CC[C@@H]([C@H]5C[C@H]54)[C@@H]3C2=O)c1. The summed E-state index contributed by atoms with van der Waals surface area (Å²) in [6.07, 6.45) is 4.52. The van der Waals surface area contributed by atoms with E-state index in [-0.39, 0.29) is 23.7 Å². The molecule has 5 fully saturated rings. The van der Waals surface area contributed by atoms with Crippen molar-refractivity contribution in [3.05, 3.63) is 29.8 Å². The van der Waals surface area contributed by atoms with Crippen molar-refractivity contribution in [1.29, 1.82) is 0 Å². The van der Waals surface area contributed by atoms with Gasteiger partial charge in [-0.25, -0.2) is 0 Å². The first-order valence-electron chi connectivity index (χ1n) is 8.67. The molecule has 6 rings (SSSR count). The van der Waals surface area contributed by atoms with Gasteiger partial charge in [0, 0.05) is 0 Å². The fourth-order valence-electron chi connectivity index (χ4n) is 5.71. The topological polar surface area (TPSA) is 37.4 Å². The van der Waals surface area contributed by atoms with Gasteiger partial charge in [0.2, 0.25) is 11.8 Å². The van der Waals surface area contributed by atoms with E-state index in [1.54, 1.807) is 0 Å². The highest BCUT2D eigenvalue weighted by Gasteiger charge is 2.68. The molecule has 0 N–H and O–H groups in total. The molecule has 4 saturated carbocycles. The number of benzene rings is 1. The summed E-state index contributed by atoms with van der Waals surface area (Å²) < 4.78 is 0. The summed E-state index contributed by atoms with van der Waals surface area (Å²) in [5, 5.41) is 0. The number of hydrogen-bond acceptors (Lipinski definition) is 2. The van der Waals surface area contributed by atoms with Gasteiger partial charge >= 0.3 is 0 Å². The van der Waals surface area contributed by atoms with E-state index >= 15 is 0 Å². The van der Waals surface area contributed by atoms with Gasteiger partial charge in [0.15, 0.2) is 0 Å². The van der Waals surface area contributed by atoms with E-state index in [1.807, 2.05) is 18.2 Å². The Hall–Kier alpha value is -1.64. The Kier molecular flexibility index (Phi) is 2.46. The van der Waals surface area contributed by atoms with E-state index in [2.05, 4.69) is 13.0 Å². The van der Waals surface area contributed by atoms with Crippen molar-refractivity contribution in [3.8, 4) is 0 Å². The highest BCUT2D eigenvalue weighted by atomic mass is 16.2. The Labute approximate surface area is 130 Å². The third-order valence-electron chi connectivity index (χ3n) is 6.72. The summed E-state index contributed by atoms with van der Waals surface area (Å²) in [4.78, 5) is 27.5. The summed E-state index contributed by atoms with van der Waals surface area (Å²) in [5.74, 6) is 2.61. The van der Waals surface area contributed by atoms with Crippen LogP contribution in [0.4, 0.5) is 5.69 Å². The number of carbonyl (C=O) groups excluding carboxylic acids is 2. The van der Waals surface area contributed by atoms with Gasteiger partial charge in [-0.3, -0.25) is 14.5 Å². The van der Waals surface area contributed by atoms with Crippen LogP contribution in [0.1, 0.15) is 31.7 Å². The largest absolute Gasteiger partial charge is 0.274 e. The van der Waals surface area contributed by atoms with Gasteiger partial charge in [-0.2, -0.15) is 0 Å². The highest BCUT2D eigenvalue weighted by Crippen LogP contribution is 2.68. The molecule has 0 spiro atoms. The van der Waals surface area contributed by atoms with Gasteiger partial charge in [-0.15, -0.1) is 0 Å². The van der Waals surface area contributed by atoms with Gasteiger partial charge < -0.3 is 0 Å². The summed E-state index contributed by atoms with van der Waals surface area (Å²) >= 11 is 0. The summed E-state index contributed by atoms with van der Waals surface area (Å²) in [5.41, 5.74) is 1.97. The van der Waals surface area contributed by atoms with Crippen molar-refractivity contribution >= 4 is 17.5 Å². The minimum atomic E-state index is -0.0136. The zero-order chi connectivity index (χ0) is 15.0. The molecule has 2 bridgehead atoms. The van der Waals surface area contributed by atoms with Crippen LogP contribution in [0.2, 0.25) is 0 Å². The minimum Gasteiger partial charge on any atom is -0.274 e. The Morgan fingerprint density at radius 1 is 1.00 bits per heavy atom. The second-order valence-electron chi connectivity index (χ2n) is 7.56. The number of fused-ring (bicyclic) bond motifs is 1. The third kappa shape index (κ3) is 1.47. The Balaban J connectivity index is 1.56. The molecule has 2 amide bonds.